The number of carbonyl (C=O) groups excluding carboxylic acids is 1. The van der Waals surface area contributed by atoms with Crippen molar-refractivity contribution in [1.29, 1.82) is 0 Å². The van der Waals surface area contributed by atoms with Crippen LogP contribution in [-0.4, -0.2) is 32.2 Å². The topological polar surface area (TPSA) is 41.6 Å². The minimum absolute atomic E-state index is 0.0888. The lowest BCUT2D eigenvalue weighted by Gasteiger charge is -2.29. The summed E-state index contributed by atoms with van der Waals surface area (Å²) in [6, 6.07) is 13.5. The molecule has 0 atom stereocenters. The number of hydrogen-bond donors (Lipinski definition) is 1. The molecule has 0 aromatic heterocycles. The van der Waals surface area contributed by atoms with E-state index >= 15 is 0 Å². The Balaban J connectivity index is 1.75. The van der Waals surface area contributed by atoms with Crippen LogP contribution in [0, 0.1) is 6.92 Å². The predicted molar refractivity (Wildman–Crippen MR) is 96.3 cm³/mol. The number of nitrogens with zero attached hydrogens (tertiary/aromatic N) is 1. The first-order chi connectivity index (χ1) is 11.1. The fourth-order valence-electron chi connectivity index (χ4n) is 2.67. The number of rotatable bonds is 3. The summed E-state index contributed by atoms with van der Waals surface area (Å²) >= 11 is 3.61. The highest BCUT2D eigenvalue weighted by Crippen LogP contribution is 2.30. The number of anilines is 2. The molecule has 1 aliphatic rings. The van der Waals surface area contributed by atoms with Crippen LogP contribution in [0.4, 0.5) is 11.4 Å². The van der Waals surface area contributed by atoms with E-state index in [1.807, 2.05) is 49.4 Å². The van der Waals surface area contributed by atoms with Gasteiger partial charge in [0.15, 0.2) is 0 Å². The number of benzene rings is 2. The average Bonchev–Trinajstić information content (AvgIpc) is 2.56. The first kappa shape index (κ1) is 16.0. The molecule has 1 fully saturated rings. The summed E-state index contributed by atoms with van der Waals surface area (Å²) in [6.07, 6.45) is 0. The monoisotopic (exact) mass is 374 g/mol. The predicted octanol–water partition coefficient (Wildman–Crippen LogP) is 3.85. The van der Waals surface area contributed by atoms with Crippen LogP contribution in [-0.2, 0) is 4.74 Å². The van der Waals surface area contributed by atoms with Crippen LogP contribution in [0.3, 0.4) is 0 Å². The average molecular weight is 375 g/mol. The molecular formula is C18H19BrN2O2. The van der Waals surface area contributed by atoms with Crippen LogP contribution >= 0.6 is 15.9 Å². The van der Waals surface area contributed by atoms with Crippen molar-refractivity contribution < 1.29 is 9.53 Å². The summed E-state index contributed by atoms with van der Waals surface area (Å²) in [5.74, 6) is -0.0888. The first-order valence-corrected chi connectivity index (χ1v) is 8.43. The van der Waals surface area contributed by atoms with Crippen molar-refractivity contribution >= 4 is 33.2 Å². The normalized spacial score (nSPS) is 14.6. The Morgan fingerprint density at radius 2 is 1.91 bits per heavy atom. The summed E-state index contributed by atoms with van der Waals surface area (Å²) in [6.45, 7) is 5.20. The van der Waals surface area contributed by atoms with E-state index in [4.69, 9.17) is 4.74 Å². The van der Waals surface area contributed by atoms with Crippen LogP contribution in [0.2, 0.25) is 0 Å². The number of morpholine rings is 1. The molecule has 0 spiro atoms. The Labute approximate surface area is 144 Å². The molecule has 0 saturated carbocycles. The number of nitrogens with one attached hydrogen (secondary N) is 1. The maximum absolute atomic E-state index is 12.4. The second kappa shape index (κ2) is 7.15. The highest BCUT2D eigenvalue weighted by molar-refractivity contribution is 9.10. The number of aryl methyl sites for hydroxylation is 1. The maximum Gasteiger partial charge on any atom is 0.255 e. The summed E-state index contributed by atoms with van der Waals surface area (Å²) in [4.78, 5) is 14.7. The van der Waals surface area contributed by atoms with Gasteiger partial charge in [-0.05, 0) is 52.7 Å². The van der Waals surface area contributed by atoms with Crippen LogP contribution in [0.25, 0.3) is 0 Å². The molecule has 0 bridgehead atoms. The van der Waals surface area contributed by atoms with Crippen molar-refractivity contribution in [3.63, 3.8) is 0 Å². The van der Waals surface area contributed by atoms with Crippen LogP contribution in [0.15, 0.2) is 46.9 Å². The molecule has 0 unspecified atom stereocenters. The van der Waals surface area contributed by atoms with Gasteiger partial charge < -0.3 is 15.0 Å². The Bertz CT molecular complexity index is 712. The van der Waals surface area contributed by atoms with Gasteiger partial charge in [-0.25, -0.2) is 0 Å². The Morgan fingerprint density at radius 1 is 1.17 bits per heavy atom. The van der Waals surface area contributed by atoms with Gasteiger partial charge in [0.05, 0.1) is 18.9 Å². The minimum Gasteiger partial charge on any atom is -0.378 e. The molecule has 0 aliphatic carbocycles. The van der Waals surface area contributed by atoms with E-state index in [0.717, 1.165) is 47.7 Å². The quantitative estimate of drug-likeness (QED) is 0.886. The van der Waals surface area contributed by atoms with Gasteiger partial charge >= 0.3 is 0 Å². The number of ether oxygens (including phenoxy) is 1. The molecule has 1 heterocycles. The highest BCUT2D eigenvalue weighted by Gasteiger charge is 2.15. The third kappa shape index (κ3) is 3.74. The zero-order chi connectivity index (χ0) is 16.2. The minimum atomic E-state index is -0.0888. The smallest absolute Gasteiger partial charge is 0.255 e. The lowest BCUT2D eigenvalue weighted by molar-refractivity contribution is 0.102. The maximum atomic E-state index is 12.4. The van der Waals surface area contributed by atoms with E-state index in [1.165, 1.54) is 0 Å². The standard InChI is InChI=1S/C18H19BrN2O2/c1-13-4-2-3-5-15(13)18(22)20-14-6-7-17(16(19)12-14)21-8-10-23-11-9-21/h2-7,12H,8-11H2,1H3,(H,20,22). The highest BCUT2D eigenvalue weighted by atomic mass is 79.9. The lowest BCUT2D eigenvalue weighted by atomic mass is 10.1. The van der Waals surface area contributed by atoms with E-state index in [2.05, 4.69) is 26.1 Å². The fourth-order valence-corrected chi connectivity index (χ4v) is 3.30. The third-order valence-electron chi connectivity index (χ3n) is 3.95. The van der Waals surface area contributed by atoms with Gasteiger partial charge in [-0.3, -0.25) is 4.79 Å². The molecule has 1 N–H and O–H groups in total. The van der Waals surface area contributed by atoms with Gasteiger partial charge in [0, 0.05) is 28.8 Å². The summed E-state index contributed by atoms with van der Waals surface area (Å²) < 4.78 is 6.36. The van der Waals surface area contributed by atoms with Crippen molar-refractivity contribution in [3.05, 3.63) is 58.1 Å². The molecule has 1 amide bonds. The summed E-state index contributed by atoms with van der Waals surface area (Å²) in [5.41, 5.74) is 3.57. The van der Waals surface area contributed by atoms with Crippen molar-refractivity contribution in [2.24, 2.45) is 0 Å². The van der Waals surface area contributed by atoms with Crippen LogP contribution in [0.5, 0.6) is 0 Å². The largest absolute Gasteiger partial charge is 0.378 e. The third-order valence-corrected chi connectivity index (χ3v) is 4.58. The van der Waals surface area contributed by atoms with Gasteiger partial charge in [0.1, 0.15) is 0 Å². The zero-order valence-corrected chi connectivity index (χ0v) is 14.6. The lowest BCUT2D eigenvalue weighted by Crippen LogP contribution is -2.36. The molecule has 2 aromatic carbocycles. The molecule has 1 saturated heterocycles. The van der Waals surface area contributed by atoms with Crippen LogP contribution < -0.4 is 10.2 Å². The van der Waals surface area contributed by atoms with E-state index in [9.17, 15) is 4.79 Å². The SMILES string of the molecule is Cc1ccccc1C(=O)Nc1ccc(N2CCOCC2)c(Br)c1. The first-order valence-electron chi connectivity index (χ1n) is 7.64. The van der Waals surface area contributed by atoms with Gasteiger partial charge in [-0.15, -0.1) is 0 Å². The zero-order valence-electron chi connectivity index (χ0n) is 13.0. The Hall–Kier alpha value is -1.85. The van der Waals surface area contributed by atoms with Crippen molar-refractivity contribution in [3.8, 4) is 0 Å². The Morgan fingerprint density at radius 3 is 2.61 bits per heavy atom. The summed E-state index contributed by atoms with van der Waals surface area (Å²) in [5, 5.41) is 2.96. The van der Waals surface area contributed by atoms with Gasteiger partial charge in [-0.2, -0.15) is 0 Å². The number of halogens is 1. The van der Waals surface area contributed by atoms with E-state index in [-0.39, 0.29) is 5.91 Å². The molecular weight excluding hydrogens is 356 g/mol. The molecule has 120 valence electrons. The number of hydrogen-bond acceptors (Lipinski definition) is 3. The van der Waals surface area contributed by atoms with Gasteiger partial charge in [0.25, 0.3) is 5.91 Å². The van der Waals surface area contributed by atoms with Crippen molar-refractivity contribution in [1.82, 2.24) is 0 Å². The fraction of sp³-hybridized carbons (Fsp3) is 0.278. The molecule has 3 rings (SSSR count). The summed E-state index contributed by atoms with van der Waals surface area (Å²) in [7, 11) is 0. The molecule has 23 heavy (non-hydrogen) atoms. The van der Waals surface area contributed by atoms with Crippen LogP contribution in [0.1, 0.15) is 15.9 Å². The Kier molecular flexibility index (Phi) is 4.98. The molecule has 1 aliphatic heterocycles. The second-order valence-electron chi connectivity index (χ2n) is 5.53. The van der Waals surface area contributed by atoms with Crippen molar-refractivity contribution in [2.45, 2.75) is 6.92 Å². The van der Waals surface area contributed by atoms with Crippen molar-refractivity contribution in [2.75, 3.05) is 36.5 Å². The second-order valence-corrected chi connectivity index (χ2v) is 6.39. The molecule has 5 heteroatoms. The van der Waals surface area contributed by atoms with Gasteiger partial charge in [-0.1, -0.05) is 18.2 Å². The number of carbonyl (C=O) groups is 1. The van der Waals surface area contributed by atoms with E-state index < -0.39 is 0 Å². The van der Waals surface area contributed by atoms with Gasteiger partial charge in [0.2, 0.25) is 0 Å². The van der Waals surface area contributed by atoms with E-state index in [1.54, 1.807) is 0 Å². The molecule has 4 nitrogen and oxygen atoms in total. The number of amides is 1. The molecule has 2 aromatic rings. The van der Waals surface area contributed by atoms with E-state index in [0.29, 0.717) is 5.56 Å². The molecule has 0 radical (unpaired) electrons.